The van der Waals surface area contributed by atoms with Gasteiger partial charge in [-0.3, -0.25) is 9.59 Å². The fraction of sp³-hybridized carbons (Fsp3) is 0.429. The predicted octanol–water partition coefficient (Wildman–Crippen LogP) is 5.88. The van der Waals surface area contributed by atoms with Crippen molar-refractivity contribution in [3.63, 3.8) is 0 Å². The van der Waals surface area contributed by atoms with Gasteiger partial charge in [-0.15, -0.1) is 0 Å². The van der Waals surface area contributed by atoms with E-state index in [0.29, 0.717) is 37.5 Å². The molecule has 34 heavy (non-hydrogen) atoms. The molecule has 1 unspecified atom stereocenters. The fourth-order valence-corrected chi connectivity index (χ4v) is 4.07. The summed E-state index contributed by atoms with van der Waals surface area (Å²) in [7, 11) is 0. The molecular weight excluding hydrogens is 430 g/mol. The number of carbonyl (C=O) groups is 2. The molecule has 0 saturated carbocycles. The summed E-state index contributed by atoms with van der Waals surface area (Å²) in [6.07, 6.45) is 4.83. The van der Waals surface area contributed by atoms with Crippen LogP contribution in [-0.4, -0.2) is 41.5 Å². The van der Waals surface area contributed by atoms with Gasteiger partial charge in [0.15, 0.2) is 0 Å². The van der Waals surface area contributed by atoms with Crippen molar-refractivity contribution in [3.05, 3.63) is 65.2 Å². The number of hydrogen-bond donors (Lipinski definition) is 1. The number of ether oxygens (including phenoxy) is 2. The number of likely N-dealkylation sites (tertiary alicyclic amines) is 1. The summed E-state index contributed by atoms with van der Waals surface area (Å²) in [5, 5.41) is 11.1. The first-order chi connectivity index (χ1) is 16.5. The first-order valence-electron chi connectivity index (χ1n) is 12.3. The molecule has 0 bridgehead atoms. The quantitative estimate of drug-likeness (QED) is 0.183. The summed E-state index contributed by atoms with van der Waals surface area (Å²) in [6, 6.07) is 13.7. The molecule has 2 aromatic carbocycles. The van der Waals surface area contributed by atoms with Crippen LogP contribution in [0.25, 0.3) is 5.76 Å². The van der Waals surface area contributed by atoms with E-state index in [-0.39, 0.29) is 11.3 Å². The lowest BCUT2D eigenvalue weighted by Crippen LogP contribution is -2.30. The minimum Gasteiger partial charge on any atom is -0.507 e. The van der Waals surface area contributed by atoms with Crippen molar-refractivity contribution >= 4 is 17.4 Å². The highest BCUT2D eigenvalue weighted by Crippen LogP contribution is 2.40. The summed E-state index contributed by atoms with van der Waals surface area (Å²) < 4.78 is 11.4. The number of unbranched alkanes of at least 4 members (excludes halogenated alkanes) is 2. The molecular formula is C28H35NO5. The second-order valence-electron chi connectivity index (χ2n) is 8.49. The predicted molar refractivity (Wildman–Crippen MR) is 133 cm³/mol. The van der Waals surface area contributed by atoms with E-state index in [4.69, 9.17) is 9.47 Å². The summed E-state index contributed by atoms with van der Waals surface area (Å²) in [6.45, 7) is 7.81. The minimum atomic E-state index is -0.665. The maximum absolute atomic E-state index is 13.0. The Labute approximate surface area is 202 Å². The molecule has 1 N–H and O–H groups in total. The Morgan fingerprint density at radius 1 is 0.824 bits per heavy atom. The van der Waals surface area contributed by atoms with Crippen LogP contribution in [0, 0.1) is 0 Å². The van der Waals surface area contributed by atoms with E-state index < -0.39 is 17.7 Å². The number of nitrogens with zero attached hydrogens (tertiary/aromatic N) is 1. The molecule has 1 aliphatic rings. The van der Waals surface area contributed by atoms with E-state index in [1.54, 1.807) is 29.2 Å². The molecule has 0 radical (unpaired) electrons. The Bertz CT molecular complexity index is 994. The average Bonchev–Trinajstić information content (AvgIpc) is 3.11. The van der Waals surface area contributed by atoms with Crippen LogP contribution in [0.15, 0.2) is 54.1 Å². The second kappa shape index (κ2) is 12.3. The second-order valence-corrected chi connectivity index (χ2v) is 8.49. The normalized spacial score (nSPS) is 17.3. The minimum absolute atomic E-state index is 0.109. The Morgan fingerprint density at radius 3 is 2.03 bits per heavy atom. The van der Waals surface area contributed by atoms with E-state index in [1.807, 2.05) is 38.1 Å². The van der Waals surface area contributed by atoms with Crippen molar-refractivity contribution < 1.29 is 24.2 Å². The van der Waals surface area contributed by atoms with Crippen LogP contribution >= 0.6 is 0 Å². The Kier molecular flexibility index (Phi) is 9.14. The molecule has 182 valence electrons. The molecule has 2 aromatic rings. The van der Waals surface area contributed by atoms with Gasteiger partial charge in [-0.1, -0.05) is 45.7 Å². The van der Waals surface area contributed by atoms with Gasteiger partial charge in [-0.25, -0.2) is 0 Å². The van der Waals surface area contributed by atoms with Crippen molar-refractivity contribution in [2.45, 2.75) is 58.9 Å². The number of hydrogen-bond acceptors (Lipinski definition) is 5. The highest BCUT2D eigenvalue weighted by Gasteiger charge is 2.45. The van der Waals surface area contributed by atoms with Crippen LogP contribution in [0.1, 0.15) is 70.0 Å². The van der Waals surface area contributed by atoms with Gasteiger partial charge in [0.1, 0.15) is 17.3 Å². The van der Waals surface area contributed by atoms with Crippen LogP contribution in [0.5, 0.6) is 11.5 Å². The Morgan fingerprint density at radius 2 is 1.44 bits per heavy atom. The highest BCUT2D eigenvalue weighted by molar-refractivity contribution is 6.46. The van der Waals surface area contributed by atoms with Crippen molar-refractivity contribution in [2.24, 2.45) is 0 Å². The lowest BCUT2D eigenvalue weighted by molar-refractivity contribution is -0.139. The Hall–Kier alpha value is -3.28. The van der Waals surface area contributed by atoms with Crippen molar-refractivity contribution in [1.82, 2.24) is 4.90 Å². The van der Waals surface area contributed by atoms with Crippen LogP contribution in [-0.2, 0) is 9.59 Å². The number of carbonyl (C=O) groups excluding carboxylic acids is 2. The third-order valence-corrected chi connectivity index (χ3v) is 5.82. The average molecular weight is 466 g/mol. The molecule has 1 atom stereocenters. The van der Waals surface area contributed by atoms with Gasteiger partial charge in [0.05, 0.1) is 24.8 Å². The summed E-state index contributed by atoms with van der Waals surface area (Å²) >= 11 is 0. The Balaban J connectivity index is 1.92. The van der Waals surface area contributed by atoms with Gasteiger partial charge in [-0.2, -0.15) is 0 Å². The molecule has 1 heterocycles. The molecule has 1 amide bonds. The number of benzene rings is 2. The zero-order chi connectivity index (χ0) is 24.5. The van der Waals surface area contributed by atoms with Gasteiger partial charge in [0.25, 0.3) is 11.7 Å². The molecule has 0 aromatic heterocycles. The van der Waals surface area contributed by atoms with Crippen molar-refractivity contribution in [2.75, 3.05) is 19.8 Å². The van der Waals surface area contributed by atoms with Crippen molar-refractivity contribution in [1.29, 1.82) is 0 Å². The molecule has 1 saturated heterocycles. The summed E-state index contributed by atoms with van der Waals surface area (Å²) in [4.78, 5) is 27.4. The molecule has 1 fully saturated rings. The fourth-order valence-electron chi connectivity index (χ4n) is 4.07. The monoisotopic (exact) mass is 465 g/mol. The maximum Gasteiger partial charge on any atom is 0.295 e. The van der Waals surface area contributed by atoms with Gasteiger partial charge in [0.2, 0.25) is 0 Å². The molecule has 0 aliphatic carbocycles. The topological polar surface area (TPSA) is 76.1 Å². The number of aliphatic hydroxyl groups excluding tert-OH is 1. The number of ketones is 1. The third-order valence-electron chi connectivity index (χ3n) is 5.82. The molecule has 3 rings (SSSR count). The lowest BCUT2D eigenvalue weighted by Gasteiger charge is -2.25. The number of aliphatic hydroxyl groups is 1. The SMILES string of the molecule is CCCCCOc1ccc(/C(O)=C2\C(=O)C(=O)N(CCC)C2c2ccc(OCCC)cc2)cc1. The summed E-state index contributed by atoms with van der Waals surface area (Å²) in [5.74, 6) is 0.00871. The number of Topliss-reactive ketones (excluding diaryl/α,β-unsaturated/α-hetero) is 1. The molecule has 1 aliphatic heterocycles. The number of rotatable bonds is 12. The largest absolute Gasteiger partial charge is 0.507 e. The summed E-state index contributed by atoms with van der Waals surface area (Å²) in [5.41, 5.74) is 1.34. The molecule has 0 spiro atoms. The maximum atomic E-state index is 13.0. The smallest absolute Gasteiger partial charge is 0.295 e. The van der Waals surface area contributed by atoms with Crippen LogP contribution < -0.4 is 9.47 Å². The van der Waals surface area contributed by atoms with Crippen LogP contribution in [0.4, 0.5) is 0 Å². The van der Waals surface area contributed by atoms with E-state index in [9.17, 15) is 14.7 Å². The van der Waals surface area contributed by atoms with Gasteiger partial charge in [-0.05, 0) is 61.2 Å². The number of amides is 1. The van der Waals surface area contributed by atoms with Gasteiger partial charge < -0.3 is 19.5 Å². The first-order valence-corrected chi connectivity index (χ1v) is 12.3. The standard InChI is InChI=1S/C28H35NO5/c1-4-7-8-19-34-23-15-11-21(12-16-23)26(30)24-25(29(17-5-2)28(32)27(24)31)20-9-13-22(14-10-20)33-18-6-3/h9-16,25,30H,4-8,17-19H2,1-3H3/b26-24+. The zero-order valence-corrected chi connectivity index (χ0v) is 20.4. The zero-order valence-electron chi connectivity index (χ0n) is 20.4. The van der Waals surface area contributed by atoms with Crippen molar-refractivity contribution in [3.8, 4) is 11.5 Å². The molecule has 6 heteroatoms. The van der Waals surface area contributed by atoms with E-state index in [1.165, 1.54) is 0 Å². The van der Waals surface area contributed by atoms with Gasteiger partial charge >= 0.3 is 0 Å². The van der Waals surface area contributed by atoms with E-state index >= 15 is 0 Å². The van der Waals surface area contributed by atoms with E-state index in [0.717, 1.165) is 37.0 Å². The van der Waals surface area contributed by atoms with Crippen LogP contribution in [0.2, 0.25) is 0 Å². The third kappa shape index (κ3) is 5.79. The highest BCUT2D eigenvalue weighted by atomic mass is 16.5. The lowest BCUT2D eigenvalue weighted by atomic mass is 9.95. The molecule has 6 nitrogen and oxygen atoms in total. The first kappa shape index (κ1) is 25.3. The van der Waals surface area contributed by atoms with Gasteiger partial charge in [0, 0.05) is 12.1 Å². The van der Waals surface area contributed by atoms with Crippen LogP contribution in [0.3, 0.4) is 0 Å². The van der Waals surface area contributed by atoms with E-state index in [2.05, 4.69) is 6.92 Å².